The molecule has 0 aliphatic carbocycles. The van der Waals surface area contributed by atoms with Gasteiger partial charge in [-0.15, -0.1) is 0 Å². The summed E-state index contributed by atoms with van der Waals surface area (Å²) < 4.78 is 5.10. The Balaban J connectivity index is 2.01. The maximum absolute atomic E-state index is 12.3. The molecular weight excluding hydrogens is 274 g/mol. The minimum absolute atomic E-state index is 0.0516. The van der Waals surface area contributed by atoms with Crippen molar-refractivity contribution in [1.29, 1.82) is 0 Å². The third kappa shape index (κ3) is 4.10. The standard InChI is InChI=1S/C19H23NO2/c1-14(2)18(15-7-5-4-6-8-15)13-20-19(21)16-9-11-17(22-3)12-10-16/h4-12,14,18H,13H2,1-3H3,(H,20,21). The molecule has 2 aromatic carbocycles. The quantitative estimate of drug-likeness (QED) is 0.879. The second kappa shape index (κ2) is 7.64. The number of benzene rings is 2. The van der Waals surface area contributed by atoms with Crippen molar-refractivity contribution in [2.45, 2.75) is 19.8 Å². The third-order valence-electron chi connectivity index (χ3n) is 3.87. The number of hydrogen-bond acceptors (Lipinski definition) is 2. The number of ether oxygens (including phenoxy) is 1. The first kappa shape index (κ1) is 16.1. The zero-order valence-electron chi connectivity index (χ0n) is 13.4. The van der Waals surface area contributed by atoms with E-state index in [1.165, 1.54) is 5.56 Å². The average molecular weight is 297 g/mol. The molecule has 0 aliphatic heterocycles. The van der Waals surface area contributed by atoms with Crippen molar-refractivity contribution >= 4 is 5.91 Å². The maximum atomic E-state index is 12.3. The van der Waals surface area contributed by atoms with Crippen LogP contribution in [0.5, 0.6) is 5.75 Å². The summed E-state index contributed by atoms with van der Waals surface area (Å²) in [6.45, 7) is 4.99. The van der Waals surface area contributed by atoms with E-state index in [1.807, 2.05) is 18.2 Å². The molecule has 3 nitrogen and oxygen atoms in total. The van der Waals surface area contributed by atoms with Crippen LogP contribution in [0.3, 0.4) is 0 Å². The monoisotopic (exact) mass is 297 g/mol. The third-order valence-corrected chi connectivity index (χ3v) is 3.87. The van der Waals surface area contributed by atoms with Crippen molar-refractivity contribution in [1.82, 2.24) is 5.32 Å². The lowest BCUT2D eigenvalue weighted by Gasteiger charge is -2.22. The molecule has 3 heteroatoms. The van der Waals surface area contributed by atoms with E-state index in [2.05, 4.69) is 31.3 Å². The van der Waals surface area contributed by atoms with Crippen LogP contribution in [-0.2, 0) is 0 Å². The van der Waals surface area contributed by atoms with E-state index in [0.29, 0.717) is 23.9 Å². The van der Waals surface area contributed by atoms with Gasteiger partial charge in [-0.05, 0) is 35.7 Å². The molecule has 0 radical (unpaired) electrons. The second-order valence-corrected chi connectivity index (χ2v) is 5.70. The first-order valence-corrected chi connectivity index (χ1v) is 7.59. The van der Waals surface area contributed by atoms with Gasteiger partial charge in [-0.1, -0.05) is 44.2 Å². The zero-order chi connectivity index (χ0) is 15.9. The number of methoxy groups -OCH3 is 1. The number of nitrogens with one attached hydrogen (secondary N) is 1. The van der Waals surface area contributed by atoms with Crippen LogP contribution < -0.4 is 10.1 Å². The Morgan fingerprint density at radius 2 is 1.68 bits per heavy atom. The highest BCUT2D eigenvalue weighted by molar-refractivity contribution is 5.94. The van der Waals surface area contributed by atoms with Crippen molar-refractivity contribution in [3.63, 3.8) is 0 Å². The van der Waals surface area contributed by atoms with Crippen LogP contribution in [0.25, 0.3) is 0 Å². The summed E-state index contributed by atoms with van der Waals surface area (Å²) in [6, 6.07) is 17.5. The van der Waals surface area contributed by atoms with Crippen molar-refractivity contribution < 1.29 is 9.53 Å². The minimum Gasteiger partial charge on any atom is -0.497 e. The van der Waals surface area contributed by atoms with E-state index in [4.69, 9.17) is 4.74 Å². The highest BCUT2D eigenvalue weighted by Crippen LogP contribution is 2.23. The van der Waals surface area contributed by atoms with Crippen LogP contribution in [0.15, 0.2) is 54.6 Å². The van der Waals surface area contributed by atoms with Crippen molar-refractivity contribution in [2.24, 2.45) is 5.92 Å². The lowest BCUT2D eigenvalue weighted by Crippen LogP contribution is -2.30. The van der Waals surface area contributed by atoms with Gasteiger partial charge in [0, 0.05) is 18.0 Å². The normalized spacial score (nSPS) is 12.0. The molecule has 0 aromatic heterocycles. The summed E-state index contributed by atoms with van der Waals surface area (Å²) in [7, 11) is 1.61. The van der Waals surface area contributed by atoms with E-state index in [1.54, 1.807) is 31.4 Å². The van der Waals surface area contributed by atoms with Crippen LogP contribution in [0.1, 0.15) is 35.7 Å². The molecule has 1 N–H and O–H groups in total. The van der Waals surface area contributed by atoms with Crippen molar-refractivity contribution in [3.8, 4) is 5.75 Å². The Bertz CT molecular complexity index is 591. The van der Waals surface area contributed by atoms with Crippen LogP contribution in [0.4, 0.5) is 0 Å². The molecule has 22 heavy (non-hydrogen) atoms. The Hall–Kier alpha value is -2.29. The maximum Gasteiger partial charge on any atom is 0.251 e. The number of carbonyl (C=O) groups is 1. The molecule has 1 amide bonds. The predicted octanol–water partition coefficient (Wildman–Crippen LogP) is 3.86. The van der Waals surface area contributed by atoms with Crippen LogP contribution in [-0.4, -0.2) is 19.6 Å². The summed E-state index contributed by atoms with van der Waals surface area (Å²) in [6.07, 6.45) is 0. The Morgan fingerprint density at radius 3 is 2.23 bits per heavy atom. The van der Waals surface area contributed by atoms with E-state index in [9.17, 15) is 4.79 Å². The summed E-state index contributed by atoms with van der Waals surface area (Å²) in [4.78, 5) is 12.3. The van der Waals surface area contributed by atoms with Gasteiger partial charge in [0.1, 0.15) is 5.75 Å². The van der Waals surface area contributed by atoms with Crippen LogP contribution in [0.2, 0.25) is 0 Å². The van der Waals surface area contributed by atoms with E-state index in [-0.39, 0.29) is 5.91 Å². The summed E-state index contributed by atoms with van der Waals surface area (Å²) in [5.74, 6) is 1.46. The minimum atomic E-state index is -0.0516. The molecule has 0 heterocycles. The molecule has 2 rings (SSSR count). The number of amides is 1. The van der Waals surface area contributed by atoms with Gasteiger partial charge in [0.2, 0.25) is 0 Å². The highest BCUT2D eigenvalue weighted by Gasteiger charge is 2.17. The number of hydrogen-bond donors (Lipinski definition) is 1. The molecule has 0 aliphatic rings. The number of carbonyl (C=O) groups excluding carboxylic acids is 1. The van der Waals surface area contributed by atoms with E-state index < -0.39 is 0 Å². The molecule has 0 saturated carbocycles. The first-order valence-electron chi connectivity index (χ1n) is 7.59. The van der Waals surface area contributed by atoms with Gasteiger partial charge < -0.3 is 10.1 Å². The molecule has 1 unspecified atom stereocenters. The summed E-state index contributed by atoms with van der Waals surface area (Å²) in [5, 5.41) is 3.04. The van der Waals surface area contributed by atoms with Gasteiger partial charge in [-0.2, -0.15) is 0 Å². The first-order chi connectivity index (χ1) is 10.6. The molecule has 0 bridgehead atoms. The molecule has 0 saturated heterocycles. The Kier molecular flexibility index (Phi) is 5.59. The van der Waals surface area contributed by atoms with Gasteiger partial charge in [-0.25, -0.2) is 0 Å². The molecular formula is C19H23NO2. The Labute approximate surface area is 132 Å². The fourth-order valence-electron chi connectivity index (χ4n) is 2.49. The molecule has 0 fully saturated rings. The van der Waals surface area contributed by atoms with Gasteiger partial charge >= 0.3 is 0 Å². The predicted molar refractivity (Wildman–Crippen MR) is 89.3 cm³/mol. The largest absolute Gasteiger partial charge is 0.497 e. The van der Waals surface area contributed by atoms with Gasteiger partial charge in [-0.3, -0.25) is 4.79 Å². The lowest BCUT2D eigenvalue weighted by atomic mass is 9.88. The van der Waals surface area contributed by atoms with Gasteiger partial charge in [0.15, 0.2) is 0 Å². The Morgan fingerprint density at radius 1 is 1.05 bits per heavy atom. The topological polar surface area (TPSA) is 38.3 Å². The van der Waals surface area contributed by atoms with Crippen LogP contribution >= 0.6 is 0 Å². The molecule has 0 spiro atoms. The number of rotatable bonds is 6. The SMILES string of the molecule is COc1ccc(C(=O)NCC(c2ccccc2)C(C)C)cc1. The summed E-state index contributed by atoms with van der Waals surface area (Å²) in [5.41, 5.74) is 1.91. The summed E-state index contributed by atoms with van der Waals surface area (Å²) >= 11 is 0. The molecule has 1 atom stereocenters. The van der Waals surface area contributed by atoms with E-state index >= 15 is 0 Å². The fraction of sp³-hybridized carbons (Fsp3) is 0.316. The average Bonchev–Trinajstić information content (AvgIpc) is 2.55. The lowest BCUT2D eigenvalue weighted by molar-refractivity contribution is 0.0949. The zero-order valence-corrected chi connectivity index (χ0v) is 13.4. The van der Waals surface area contributed by atoms with Crippen molar-refractivity contribution in [2.75, 3.05) is 13.7 Å². The smallest absolute Gasteiger partial charge is 0.251 e. The van der Waals surface area contributed by atoms with Crippen molar-refractivity contribution in [3.05, 3.63) is 65.7 Å². The second-order valence-electron chi connectivity index (χ2n) is 5.70. The van der Waals surface area contributed by atoms with Gasteiger partial charge in [0.05, 0.1) is 7.11 Å². The highest BCUT2D eigenvalue weighted by atomic mass is 16.5. The van der Waals surface area contributed by atoms with E-state index in [0.717, 1.165) is 5.75 Å². The van der Waals surface area contributed by atoms with Gasteiger partial charge in [0.25, 0.3) is 5.91 Å². The fourth-order valence-corrected chi connectivity index (χ4v) is 2.49. The van der Waals surface area contributed by atoms with Crippen LogP contribution in [0, 0.1) is 5.92 Å². The molecule has 116 valence electrons. The molecule has 2 aromatic rings.